The molecule has 0 aromatic heterocycles. The third-order valence-electron chi connectivity index (χ3n) is 9.72. The van der Waals surface area contributed by atoms with Gasteiger partial charge in [0.2, 0.25) is 0 Å². The number of hydrogen-bond acceptors (Lipinski definition) is 1. The van der Waals surface area contributed by atoms with Gasteiger partial charge in [-0.2, -0.15) is 0 Å². The molecule has 0 aromatic carbocycles. The summed E-state index contributed by atoms with van der Waals surface area (Å²) in [6.45, 7) is 45.5. The Morgan fingerprint density at radius 2 is 0.805 bits per heavy atom. The zero-order valence-corrected chi connectivity index (χ0v) is 32.6. The Hall–Kier alpha value is -0.992. The summed E-state index contributed by atoms with van der Waals surface area (Å²) in [6, 6.07) is 7.45. The van der Waals surface area contributed by atoms with Crippen LogP contribution in [0.1, 0.15) is 86.5 Å². The second kappa shape index (κ2) is 18.0. The molecule has 0 fully saturated rings. The van der Waals surface area contributed by atoms with Gasteiger partial charge >= 0.3 is 0 Å². The van der Waals surface area contributed by atoms with E-state index < -0.39 is 32.5 Å². The Kier molecular flexibility index (Phi) is 17.5. The maximum Gasteiger partial charge on any atom is 0.195 e. The molecule has 0 aliphatic heterocycles. The van der Waals surface area contributed by atoms with Crippen molar-refractivity contribution >= 4 is 32.5 Å². The molecule has 0 aromatic rings. The topological polar surface area (TPSA) is 9.23 Å². The van der Waals surface area contributed by atoms with Crippen molar-refractivity contribution in [3.63, 3.8) is 0 Å². The van der Waals surface area contributed by atoms with Crippen LogP contribution in [-0.2, 0) is 4.43 Å². The van der Waals surface area contributed by atoms with E-state index in [4.69, 9.17) is 4.43 Å². The first-order chi connectivity index (χ1) is 19.0. The van der Waals surface area contributed by atoms with Crippen LogP contribution in [0.5, 0.6) is 0 Å². The molecule has 0 amide bonds. The predicted octanol–water partition coefficient (Wildman–Crippen LogP) is 12.3. The Morgan fingerprint density at radius 3 is 1.10 bits per heavy atom. The van der Waals surface area contributed by atoms with Crippen LogP contribution in [0.15, 0.2) is 85.9 Å². The van der Waals surface area contributed by atoms with E-state index in [1.165, 1.54) is 81.2 Å². The van der Waals surface area contributed by atoms with E-state index in [1.54, 1.807) is 0 Å². The van der Waals surface area contributed by atoms with E-state index in [9.17, 15) is 0 Å². The van der Waals surface area contributed by atoms with Gasteiger partial charge < -0.3 is 4.43 Å². The van der Waals surface area contributed by atoms with Crippen LogP contribution in [0.3, 0.4) is 0 Å². The van der Waals surface area contributed by atoms with Crippen LogP contribution < -0.4 is 0 Å². The monoisotopic (exact) mass is 628 g/mol. The lowest BCUT2D eigenvalue weighted by Gasteiger charge is -2.44. The zero-order chi connectivity index (χ0) is 31.8. The van der Waals surface area contributed by atoms with Gasteiger partial charge in [0.05, 0.1) is 0 Å². The summed E-state index contributed by atoms with van der Waals surface area (Å²) in [6.07, 6.45) is 8.79. The van der Waals surface area contributed by atoms with Crippen LogP contribution in [0.25, 0.3) is 0 Å². The molecule has 0 N–H and O–H groups in total. The van der Waals surface area contributed by atoms with Crippen LogP contribution in [0, 0.1) is 0 Å². The van der Waals surface area contributed by atoms with Gasteiger partial charge in [-0.05, 0) is 44.4 Å². The molecule has 0 rings (SSSR count). The highest BCUT2D eigenvalue weighted by Gasteiger charge is 2.44. The number of hydrogen-bond donors (Lipinski definition) is 0. The fourth-order valence-corrected chi connectivity index (χ4v) is 17.7. The van der Waals surface area contributed by atoms with Crippen molar-refractivity contribution in [2.75, 3.05) is 0 Å². The zero-order valence-electron chi connectivity index (χ0n) is 28.6. The Bertz CT molecular complexity index is 822. The molecule has 234 valence electrons. The molecule has 1 nitrogen and oxygen atoms in total. The van der Waals surface area contributed by atoms with E-state index in [1.807, 2.05) is 0 Å². The second-order valence-electron chi connectivity index (χ2n) is 14.7. The molecule has 0 aliphatic carbocycles. The van der Waals surface area contributed by atoms with Gasteiger partial charge in [-0.15, -0.1) is 46.1 Å². The minimum Gasteiger partial charge on any atom is -0.412 e. The van der Waals surface area contributed by atoms with E-state index in [-0.39, 0.29) is 10.6 Å². The maximum absolute atomic E-state index is 6.79. The standard InChI is InChI=1S/C36H68OSi4/c1-15-39(16-2,17-3)30-24-22-25-31-40(18-4,19-5)32-26-23-27-33-41(20-6,21-7)34-28-29-38(14,36(11,12)13)37-35(8,9)10/h15-21H,1-7,22-34H2,8-14H3. The third-order valence-corrected chi connectivity index (χ3v) is 27.2. The molecular weight excluding hydrogens is 561 g/mol. The van der Waals surface area contributed by atoms with Gasteiger partial charge in [0.15, 0.2) is 8.32 Å². The summed E-state index contributed by atoms with van der Waals surface area (Å²) >= 11 is 0. The van der Waals surface area contributed by atoms with Crippen LogP contribution >= 0.6 is 0 Å². The summed E-state index contributed by atoms with van der Waals surface area (Å²) in [5.74, 6) is 0. The Labute approximate surface area is 261 Å². The van der Waals surface area contributed by atoms with E-state index in [0.29, 0.717) is 0 Å². The lowest BCUT2D eigenvalue weighted by molar-refractivity contribution is 0.109. The minimum absolute atomic E-state index is 0.0922. The summed E-state index contributed by atoms with van der Waals surface area (Å²) in [4.78, 5) is 0. The largest absolute Gasteiger partial charge is 0.412 e. The van der Waals surface area contributed by atoms with Crippen molar-refractivity contribution in [2.45, 2.75) is 140 Å². The smallest absolute Gasteiger partial charge is 0.195 e. The molecule has 1 unspecified atom stereocenters. The van der Waals surface area contributed by atoms with Gasteiger partial charge in [-0.1, -0.05) is 130 Å². The maximum atomic E-state index is 6.79. The molecule has 0 bridgehead atoms. The quantitative estimate of drug-likeness (QED) is 0.0763. The highest BCUT2D eigenvalue weighted by molar-refractivity contribution is 6.93. The van der Waals surface area contributed by atoms with Crippen molar-refractivity contribution in [3.8, 4) is 0 Å². The minimum atomic E-state index is -1.89. The van der Waals surface area contributed by atoms with E-state index >= 15 is 0 Å². The SMILES string of the molecule is C=C[Si](C=C)(C=C)CCCCC[Si](C=C)(C=C)CCCCC[Si](C=C)(C=C)CCC[Si](C)(OC(C)(C)C)C(C)(C)C. The fourth-order valence-electron chi connectivity index (χ4n) is 5.95. The first-order valence-corrected chi connectivity index (χ1v) is 26.4. The molecule has 0 saturated carbocycles. The van der Waals surface area contributed by atoms with Crippen LogP contribution in [0.2, 0.25) is 47.8 Å². The summed E-state index contributed by atoms with van der Waals surface area (Å²) in [7, 11) is -6.86. The number of unbranched alkanes of at least 4 members (excludes halogenated alkanes) is 4. The van der Waals surface area contributed by atoms with Gasteiger partial charge in [-0.25, -0.2) is 0 Å². The average Bonchev–Trinajstić information content (AvgIpc) is 2.91. The van der Waals surface area contributed by atoms with Gasteiger partial charge in [0.25, 0.3) is 0 Å². The lowest BCUT2D eigenvalue weighted by Crippen LogP contribution is -2.49. The van der Waals surface area contributed by atoms with Crippen molar-refractivity contribution in [2.24, 2.45) is 0 Å². The highest BCUT2D eigenvalue weighted by Crippen LogP contribution is 2.43. The van der Waals surface area contributed by atoms with Gasteiger partial charge in [-0.3, -0.25) is 0 Å². The molecule has 0 spiro atoms. The predicted molar refractivity (Wildman–Crippen MR) is 202 cm³/mol. The molecule has 0 radical (unpaired) electrons. The molecule has 0 heterocycles. The fraction of sp³-hybridized carbons (Fsp3) is 0.611. The van der Waals surface area contributed by atoms with E-state index in [2.05, 4.69) is 134 Å². The summed E-state index contributed by atoms with van der Waals surface area (Å²) < 4.78 is 6.79. The number of rotatable bonds is 24. The summed E-state index contributed by atoms with van der Waals surface area (Å²) in [5, 5.41) is 0.217. The van der Waals surface area contributed by atoms with Crippen molar-refractivity contribution < 1.29 is 4.43 Å². The van der Waals surface area contributed by atoms with Crippen molar-refractivity contribution in [1.29, 1.82) is 0 Å². The molecule has 41 heavy (non-hydrogen) atoms. The van der Waals surface area contributed by atoms with Gasteiger partial charge in [0, 0.05) is 5.60 Å². The normalized spacial score (nSPS) is 14.5. The molecule has 0 saturated heterocycles. The Morgan fingerprint density at radius 1 is 0.463 bits per heavy atom. The Balaban J connectivity index is 4.89. The van der Waals surface area contributed by atoms with E-state index in [0.717, 1.165) is 0 Å². The second-order valence-corrected chi connectivity index (χ2v) is 31.9. The van der Waals surface area contributed by atoms with Crippen LogP contribution in [0.4, 0.5) is 0 Å². The first kappa shape index (κ1) is 40.0. The first-order valence-electron chi connectivity index (χ1n) is 16.2. The lowest BCUT2D eigenvalue weighted by atomic mass is 10.2. The highest BCUT2D eigenvalue weighted by atomic mass is 28.4. The third kappa shape index (κ3) is 13.5. The van der Waals surface area contributed by atoms with Crippen LogP contribution in [-0.4, -0.2) is 38.1 Å². The average molecular weight is 629 g/mol. The summed E-state index contributed by atoms with van der Waals surface area (Å²) in [5.41, 5.74) is 15.4. The van der Waals surface area contributed by atoms with Gasteiger partial charge in [0.1, 0.15) is 24.2 Å². The molecule has 0 aliphatic rings. The van der Waals surface area contributed by atoms with Crippen molar-refractivity contribution in [1.82, 2.24) is 0 Å². The molecular formula is C36H68OSi4. The molecule has 1 atom stereocenters. The molecule has 5 heteroatoms. The van der Waals surface area contributed by atoms with Crippen molar-refractivity contribution in [3.05, 3.63) is 85.9 Å².